The van der Waals surface area contributed by atoms with Crippen LogP contribution in [0.2, 0.25) is 0 Å². The minimum Gasteiger partial charge on any atom is -0.278 e. The van der Waals surface area contributed by atoms with Gasteiger partial charge >= 0.3 is 0 Å². The molecule has 0 saturated heterocycles. The van der Waals surface area contributed by atoms with Crippen molar-refractivity contribution in [1.29, 1.82) is 0 Å². The molecule has 0 spiro atoms. The summed E-state index contributed by atoms with van der Waals surface area (Å²) in [5.74, 6) is -0.208. The standard InChI is InChI=1S/C12H10N4O3S/c1-8-7-9(2)16(12(8)17)10-3-5-11(6-4-10)20(18,19)15-14-13/h3-7H,2H2,1H3. The van der Waals surface area contributed by atoms with Crippen LogP contribution in [0.25, 0.3) is 10.4 Å². The summed E-state index contributed by atoms with van der Waals surface area (Å²) in [5.41, 5.74) is 9.76. The minimum absolute atomic E-state index is 0.138. The fourth-order valence-electron chi connectivity index (χ4n) is 1.83. The number of hydrogen-bond donors (Lipinski definition) is 0. The maximum absolute atomic E-state index is 11.9. The van der Waals surface area contributed by atoms with Crippen LogP contribution in [0.15, 0.2) is 57.6 Å². The molecule has 0 atom stereocenters. The second-order valence-electron chi connectivity index (χ2n) is 4.10. The van der Waals surface area contributed by atoms with Gasteiger partial charge in [0.15, 0.2) is 0 Å². The molecule has 0 fully saturated rings. The highest BCUT2D eigenvalue weighted by Gasteiger charge is 2.25. The van der Waals surface area contributed by atoms with E-state index < -0.39 is 10.0 Å². The Morgan fingerprint density at radius 1 is 1.30 bits per heavy atom. The number of anilines is 1. The number of carbonyl (C=O) groups is 1. The Morgan fingerprint density at radius 2 is 1.90 bits per heavy atom. The zero-order valence-electron chi connectivity index (χ0n) is 10.5. The van der Waals surface area contributed by atoms with Gasteiger partial charge in [-0.1, -0.05) is 6.58 Å². The minimum atomic E-state index is -4.02. The third-order valence-electron chi connectivity index (χ3n) is 2.75. The molecule has 1 aliphatic rings. The summed E-state index contributed by atoms with van der Waals surface area (Å²) in [6.45, 7) is 5.43. The maximum Gasteiger partial charge on any atom is 0.264 e. The molecule has 2 rings (SSSR count). The lowest BCUT2D eigenvalue weighted by Gasteiger charge is -2.17. The van der Waals surface area contributed by atoms with Gasteiger partial charge in [0.2, 0.25) is 0 Å². The highest BCUT2D eigenvalue weighted by atomic mass is 32.2. The molecule has 102 valence electrons. The topological polar surface area (TPSA) is 103 Å². The normalized spacial score (nSPS) is 15.1. The van der Waals surface area contributed by atoms with Crippen LogP contribution in [-0.4, -0.2) is 14.3 Å². The lowest BCUT2D eigenvalue weighted by Crippen LogP contribution is -2.24. The summed E-state index contributed by atoms with van der Waals surface area (Å²) < 4.78 is 25.8. The van der Waals surface area contributed by atoms with E-state index in [1.54, 1.807) is 13.0 Å². The fourth-order valence-corrected chi connectivity index (χ4v) is 2.50. The number of amides is 1. The van der Waals surface area contributed by atoms with Crippen molar-refractivity contribution in [2.24, 2.45) is 4.52 Å². The van der Waals surface area contributed by atoms with Crippen LogP contribution in [0.1, 0.15) is 6.92 Å². The molecule has 0 N–H and O–H groups in total. The molecule has 0 unspecified atom stereocenters. The van der Waals surface area contributed by atoms with Gasteiger partial charge < -0.3 is 0 Å². The Bertz CT molecular complexity index is 771. The SMILES string of the molecule is C=C1C=C(C)C(=O)N1c1ccc(S(=O)(=O)N=[N+]=[N-])cc1. The van der Waals surface area contributed by atoms with E-state index in [1.165, 1.54) is 29.2 Å². The number of benzene rings is 1. The van der Waals surface area contributed by atoms with E-state index in [2.05, 4.69) is 16.0 Å². The second kappa shape index (κ2) is 4.84. The van der Waals surface area contributed by atoms with Crippen LogP contribution < -0.4 is 4.90 Å². The number of nitrogens with zero attached hydrogens (tertiary/aromatic N) is 4. The van der Waals surface area contributed by atoms with Crippen molar-refractivity contribution >= 4 is 21.6 Å². The Morgan fingerprint density at radius 3 is 2.35 bits per heavy atom. The average molecular weight is 290 g/mol. The van der Waals surface area contributed by atoms with E-state index in [1.807, 2.05) is 0 Å². The average Bonchev–Trinajstić information content (AvgIpc) is 2.63. The van der Waals surface area contributed by atoms with Crippen molar-refractivity contribution in [3.63, 3.8) is 0 Å². The van der Waals surface area contributed by atoms with E-state index in [-0.39, 0.29) is 10.8 Å². The maximum atomic E-state index is 11.9. The van der Waals surface area contributed by atoms with Crippen molar-refractivity contribution in [1.82, 2.24) is 0 Å². The largest absolute Gasteiger partial charge is 0.278 e. The van der Waals surface area contributed by atoms with Crippen LogP contribution in [0.4, 0.5) is 5.69 Å². The summed E-state index contributed by atoms with van der Waals surface area (Å²) >= 11 is 0. The van der Waals surface area contributed by atoms with Crippen molar-refractivity contribution < 1.29 is 13.2 Å². The predicted molar refractivity (Wildman–Crippen MR) is 73.2 cm³/mol. The van der Waals surface area contributed by atoms with Crippen LogP contribution in [0.3, 0.4) is 0 Å². The monoisotopic (exact) mass is 290 g/mol. The van der Waals surface area contributed by atoms with E-state index in [9.17, 15) is 13.2 Å². The quantitative estimate of drug-likeness (QED) is 0.485. The Labute approximate surface area is 115 Å². The molecule has 1 aliphatic heterocycles. The summed E-state index contributed by atoms with van der Waals surface area (Å²) in [6.07, 6.45) is 1.65. The molecule has 0 aliphatic carbocycles. The van der Waals surface area contributed by atoms with Crippen molar-refractivity contribution in [3.8, 4) is 0 Å². The molecular formula is C12H10N4O3S. The Hall–Kier alpha value is -2.57. The van der Waals surface area contributed by atoms with Gasteiger partial charge in [-0.2, -0.15) is 0 Å². The first-order valence-electron chi connectivity index (χ1n) is 5.50. The molecule has 0 radical (unpaired) electrons. The molecule has 0 aromatic heterocycles. The molecule has 1 aromatic rings. The predicted octanol–water partition coefficient (Wildman–Crippen LogP) is 2.49. The first kappa shape index (κ1) is 13.9. The molecule has 1 aromatic carbocycles. The summed E-state index contributed by atoms with van der Waals surface area (Å²) in [6, 6.07) is 5.45. The summed E-state index contributed by atoms with van der Waals surface area (Å²) in [4.78, 5) is 15.4. The van der Waals surface area contributed by atoms with Crippen LogP contribution in [0.5, 0.6) is 0 Å². The molecule has 1 heterocycles. The molecule has 20 heavy (non-hydrogen) atoms. The molecule has 8 heteroatoms. The van der Waals surface area contributed by atoms with Crippen molar-refractivity contribution in [3.05, 3.63) is 58.6 Å². The molecule has 0 saturated carbocycles. The Kier molecular flexibility index (Phi) is 3.35. The molecular weight excluding hydrogens is 280 g/mol. The highest BCUT2D eigenvalue weighted by molar-refractivity contribution is 7.90. The van der Waals surface area contributed by atoms with Gasteiger partial charge in [-0.25, -0.2) is 8.42 Å². The van der Waals surface area contributed by atoms with Crippen LogP contribution >= 0.6 is 0 Å². The zero-order chi connectivity index (χ0) is 14.9. The fraction of sp³-hybridized carbons (Fsp3) is 0.0833. The number of hydrogen-bond acceptors (Lipinski definition) is 3. The number of rotatable bonds is 3. The highest BCUT2D eigenvalue weighted by Crippen LogP contribution is 2.28. The number of azide groups is 1. The number of allylic oxidation sites excluding steroid dienone is 1. The van der Waals surface area contributed by atoms with E-state index in [0.717, 1.165) is 0 Å². The van der Waals surface area contributed by atoms with E-state index in [4.69, 9.17) is 5.53 Å². The van der Waals surface area contributed by atoms with Gasteiger partial charge in [-0.15, -0.1) is 0 Å². The van der Waals surface area contributed by atoms with Gasteiger partial charge in [-0.3, -0.25) is 9.69 Å². The summed E-state index contributed by atoms with van der Waals surface area (Å²) in [7, 11) is -4.02. The van der Waals surface area contributed by atoms with Gasteiger partial charge in [0.1, 0.15) is 0 Å². The first-order chi connectivity index (χ1) is 9.36. The number of sulfonamides is 1. The second-order valence-corrected chi connectivity index (χ2v) is 5.68. The lowest BCUT2D eigenvalue weighted by molar-refractivity contribution is -0.114. The van der Waals surface area contributed by atoms with Crippen LogP contribution in [0, 0.1) is 0 Å². The summed E-state index contributed by atoms with van der Waals surface area (Å²) in [5, 5.41) is 0. The van der Waals surface area contributed by atoms with Crippen LogP contribution in [-0.2, 0) is 14.8 Å². The number of carbonyl (C=O) groups excluding carboxylic acids is 1. The van der Waals surface area contributed by atoms with E-state index >= 15 is 0 Å². The third-order valence-corrected chi connectivity index (χ3v) is 3.90. The zero-order valence-corrected chi connectivity index (χ0v) is 11.3. The van der Waals surface area contributed by atoms with Crippen molar-refractivity contribution in [2.75, 3.05) is 4.90 Å². The lowest BCUT2D eigenvalue weighted by atomic mass is 10.3. The van der Waals surface area contributed by atoms with Crippen molar-refractivity contribution in [2.45, 2.75) is 11.8 Å². The van der Waals surface area contributed by atoms with Gasteiger partial charge in [0.05, 0.1) is 4.90 Å². The smallest absolute Gasteiger partial charge is 0.264 e. The molecule has 1 amide bonds. The van der Waals surface area contributed by atoms with Gasteiger partial charge in [0, 0.05) is 26.4 Å². The molecule has 0 bridgehead atoms. The van der Waals surface area contributed by atoms with E-state index in [0.29, 0.717) is 17.0 Å². The first-order valence-corrected chi connectivity index (χ1v) is 6.94. The molecule has 7 nitrogen and oxygen atoms in total. The van der Waals surface area contributed by atoms with Gasteiger partial charge in [0.25, 0.3) is 15.9 Å². The van der Waals surface area contributed by atoms with Gasteiger partial charge in [-0.05, 0) is 42.8 Å². The Balaban J connectivity index is 2.38. The third kappa shape index (κ3) is 2.29.